The molecule has 0 bridgehead atoms. The first-order valence-electron chi connectivity index (χ1n) is 7.36. The number of carbonyl (C=O) groups excluding carboxylic acids is 1. The van der Waals surface area contributed by atoms with E-state index in [0.717, 1.165) is 0 Å². The molecule has 0 saturated heterocycles. The van der Waals surface area contributed by atoms with E-state index < -0.39 is 17.5 Å². The summed E-state index contributed by atoms with van der Waals surface area (Å²) < 4.78 is 15.2. The number of aryl methyl sites for hydroxylation is 1. The SMILES string of the molecule is COC(=O)c1ccc([C@H]2C(C#N)=C(N)Oc3cc(C)oc(=O)c32)cc1. The molecule has 0 amide bonds. The molecule has 2 heterocycles. The van der Waals surface area contributed by atoms with Gasteiger partial charge in [0.25, 0.3) is 0 Å². The number of rotatable bonds is 2. The average Bonchev–Trinajstić information content (AvgIpc) is 2.59. The molecule has 0 fully saturated rings. The highest BCUT2D eigenvalue weighted by atomic mass is 16.5. The monoisotopic (exact) mass is 338 g/mol. The van der Waals surface area contributed by atoms with Crippen molar-refractivity contribution in [1.82, 2.24) is 0 Å². The zero-order valence-electron chi connectivity index (χ0n) is 13.5. The van der Waals surface area contributed by atoms with Crippen molar-refractivity contribution in [2.75, 3.05) is 7.11 Å². The number of benzene rings is 1. The summed E-state index contributed by atoms with van der Waals surface area (Å²) in [5.74, 6) is -0.659. The summed E-state index contributed by atoms with van der Waals surface area (Å²) in [6, 6.07) is 9.92. The van der Waals surface area contributed by atoms with Gasteiger partial charge in [-0.15, -0.1) is 0 Å². The van der Waals surface area contributed by atoms with Crippen molar-refractivity contribution in [3.63, 3.8) is 0 Å². The maximum atomic E-state index is 12.4. The van der Waals surface area contributed by atoms with Crippen molar-refractivity contribution in [1.29, 1.82) is 5.26 Å². The quantitative estimate of drug-likeness (QED) is 0.832. The molecule has 25 heavy (non-hydrogen) atoms. The van der Waals surface area contributed by atoms with Crippen molar-refractivity contribution in [3.05, 3.63) is 74.7 Å². The molecule has 2 aromatic rings. The number of nitrogens with two attached hydrogens (primary N) is 1. The summed E-state index contributed by atoms with van der Waals surface area (Å²) in [6.07, 6.45) is 0. The maximum Gasteiger partial charge on any atom is 0.343 e. The van der Waals surface area contributed by atoms with Crippen LogP contribution in [-0.2, 0) is 4.74 Å². The Morgan fingerprint density at radius 2 is 2.00 bits per heavy atom. The Morgan fingerprint density at radius 1 is 1.32 bits per heavy atom. The van der Waals surface area contributed by atoms with Gasteiger partial charge in [-0.05, 0) is 24.6 Å². The molecule has 1 aromatic heterocycles. The molecular formula is C18H14N2O5. The molecule has 1 atom stereocenters. The number of hydrogen-bond acceptors (Lipinski definition) is 7. The van der Waals surface area contributed by atoms with Gasteiger partial charge in [0.15, 0.2) is 0 Å². The first kappa shape index (κ1) is 16.3. The van der Waals surface area contributed by atoms with Crippen molar-refractivity contribution in [2.24, 2.45) is 5.73 Å². The van der Waals surface area contributed by atoms with Crippen molar-refractivity contribution in [3.8, 4) is 11.8 Å². The third kappa shape index (κ3) is 2.74. The highest BCUT2D eigenvalue weighted by molar-refractivity contribution is 5.89. The van der Waals surface area contributed by atoms with E-state index in [4.69, 9.17) is 14.9 Å². The van der Waals surface area contributed by atoms with E-state index in [0.29, 0.717) is 16.9 Å². The second kappa shape index (κ2) is 6.17. The molecule has 7 heteroatoms. The Hall–Kier alpha value is -3.53. The minimum Gasteiger partial charge on any atom is -0.465 e. The largest absolute Gasteiger partial charge is 0.465 e. The van der Waals surface area contributed by atoms with E-state index in [1.807, 2.05) is 6.07 Å². The first-order valence-corrected chi connectivity index (χ1v) is 7.36. The molecule has 0 spiro atoms. The number of allylic oxidation sites excluding steroid dienone is 1. The molecule has 0 unspecified atom stereocenters. The van der Waals surface area contributed by atoms with Crippen LogP contribution in [0, 0.1) is 18.3 Å². The highest BCUT2D eigenvalue weighted by Crippen LogP contribution is 2.40. The van der Waals surface area contributed by atoms with Crippen molar-refractivity contribution in [2.45, 2.75) is 12.8 Å². The van der Waals surface area contributed by atoms with Gasteiger partial charge in [-0.3, -0.25) is 0 Å². The number of methoxy groups -OCH3 is 1. The van der Waals surface area contributed by atoms with Gasteiger partial charge in [0.2, 0.25) is 5.88 Å². The topological polar surface area (TPSA) is 116 Å². The molecule has 0 radical (unpaired) electrons. The second-order valence-corrected chi connectivity index (χ2v) is 5.46. The molecule has 7 nitrogen and oxygen atoms in total. The molecule has 126 valence electrons. The van der Waals surface area contributed by atoms with Crippen LogP contribution in [0.2, 0.25) is 0 Å². The molecule has 0 saturated carbocycles. The summed E-state index contributed by atoms with van der Waals surface area (Å²) in [5, 5.41) is 9.47. The summed E-state index contributed by atoms with van der Waals surface area (Å²) in [5.41, 5.74) is 6.52. The summed E-state index contributed by atoms with van der Waals surface area (Å²) in [4.78, 5) is 23.9. The van der Waals surface area contributed by atoms with E-state index >= 15 is 0 Å². The number of fused-ring (bicyclic) bond motifs is 1. The third-order valence-electron chi connectivity index (χ3n) is 3.92. The minimum atomic E-state index is -0.739. The van der Waals surface area contributed by atoms with E-state index in [2.05, 4.69) is 4.74 Å². The fraction of sp³-hybridized carbons (Fsp3) is 0.167. The van der Waals surface area contributed by atoms with E-state index in [1.54, 1.807) is 37.3 Å². The average molecular weight is 338 g/mol. The van der Waals surface area contributed by atoms with Gasteiger partial charge in [-0.2, -0.15) is 5.26 Å². The predicted molar refractivity (Wildman–Crippen MR) is 86.8 cm³/mol. The Balaban J connectivity index is 2.19. The van der Waals surface area contributed by atoms with Crippen molar-refractivity contribution >= 4 is 5.97 Å². The number of carbonyl (C=O) groups is 1. The van der Waals surface area contributed by atoms with Crippen LogP contribution in [0.15, 0.2) is 51.0 Å². The molecule has 0 aliphatic carbocycles. The normalized spacial score (nSPS) is 15.8. The van der Waals surface area contributed by atoms with Gasteiger partial charge in [0, 0.05) is 6.07 Å². The van der Waals surface area contributed by atoms with Crippen LogP contribution in [0.4, 0.5) is 0 Å². The Bertz CT molecular complexity index is 980. The van der Waals surface area contributed by atoms with Gasteiger partial charge < -0.3 is 19.6 Å². The standard InChI is InChI=1S/C18H14N2O5/c1-9-7-13-15(18(22)24-9)14(12(8-19)16(20)25-13)10-3-5-11(6-4-10)17(21)23-2/h3-7,14H,20H2,1-2H3/t14-/m0/s1. The van der Waals surface area contributed by atoms with Crippen LogP contribution in [-0.4, -0.2) is 13.1 Å². The van der Waals surface area contributed by atoms with Gasteiger partial charge in [-0.1, -0.05) is 12.1 Å². The molecule has 1 aliphatic rings. The highest BCUT2D eigenvalue weighted by Gasteiger charge is 2.34. The molecule has 1 aliphatic heterocycles. The lowest BCUT2D eigenvalue weighted by Crippen LogP contribution is -2.26. The van der Waals surface area contributed by atoms with Gasteiger partial charge >= 0.3 is 11.6 Å². The summed E-state index contributed by atoms with van der Waals surface area (Å²) in [7, 11) is 1.29. The lowest BCUT2D eigenvalue weighted by molar-refractivity contribution is 0.0600. The maximum absolute atomic E-state index is 12.4. The van der Waals surface area contributed by atoms with Crippen LogP contribution < -0.4 is 16.1 Å². The van der Waals surface area contributed by atoms with Crippen LogP contribution in [0.5, 0.6) is 5.75 Å². The van der Waals surface area contributed by atoms with E-state index in [-0.39, 0.29) is 22.8 Å². The van der Waals surface area contributed by atoms with E-state index in [9.17, 15) is 14.9 Å². The van der Waals surface area contributed by atoms with Crippen LogP contribution in [0.3, 0.4) is 0 Å². The zero-order valence-corrected chi connectivity index (χ0v) is 13.5. The fourth-order valence-electron chi connectivity index (χ4n) is 2.78. The number of nitriles is 1. The summed E-state index contributed by atoms with van der Waals surface area (Å²) in [6.45, 7) is 1.62. The number of esters is 1. The fourth-order valence-corrected chi connectivity index (χ4v) is 2.78. The molecule has 3 rings (SSSR count). The van der Waals surface area contributed by atoms with Gasteiger partial charge in [0.05, 0.1) is 24.2 Å². The zero-order chi connectivity index (χ0) is 18.1. The predicted octanol–water partition coefficient (Wildman–Crippen LogP) is 1.95. The Kier molecular flexibility index (Phi) is 4.03. The number of ether oxygens (including phenoxy) is 2. The Morgan fingerprint density at radius 3 is 2.60 bits per heavy atom. The molecule has 2 N–H and O–H groups in total. The Labute approximate surface area is 142 Å². The number of nitrogens with zero attached hydrogens (tertiary/aromatic N) is 1. The number of hydrogen-bond donors (Lipinski definition) is 1. The van der Waals surface area contributed by atoms with Crippen LogP contribution >= 0.6 is 0 Å². The lowest BCUT2D eigenvalue weighted by atomic mass is 9.84. The smallest absolute Gasteiger partial charge is 0.343 e. The van der Waals surface area contributed by atoms with Crippen molar-refractivity contribution < 1.29 is 18.7 Å². The van der Waals surface area contributed by atoms with Gasteiger partial charge in [0.1, 0.15) is 23.2 Å². The van der Waals surface area contributed by atoms with Crippen LogP contribution in [0.1, 0.15) is 33.2 Å². The minimum absolute atomic E-state index is 0.0676. The molecule has 1 aromatic carbocycles. The first-order chi connectivity index (χ1) is 12.0. The van der Waals surface area contributed by atoms with Gasteiger partial charge in [-0.25, -0.2) is 9.59 Å². The van der Waals surface area contributed by atoms with E-state index in [1.165, 1.54) is 7.11 Å². The molecular weight excluding hydrogens is 324 g/mol. The third-order valence-corrected chi connectivity index (χ3v) is 3.92. The summed E-state index contributed by atoms with van der Waals surface area (Å²) >= 11 is 0. The lowest BCUT2D eigenvalue weighted by Gasteiger charge is -2.25. The van der Waals surface area contributed by atoms with Crippen LogP contribution in [0.25, 0.3) is 0 Å². The second-order valence-electron chi connectivity index (χ2n) is 5.46.